The van der Waals surface area contributed by atoms with Crippen molar-refractivity contribution in [2.75, 3.05) is 0 Å². The van der Waals surface area contributed by atoms with E-state index in [2.05, 4.69) is 95.3 Å². The van der Waals surface area contributed by atoms with E-state index >= 15 is 0 Å². The largest absolute Gasteiger partial charge is 0.255 e. The molecular formula is C33H35NS. The van der Waals surface area contributed by atoms with Crippen LogP contribution in [0.1, 0.15) is 77.3 Å². The van der Waals surface area contributed by atoms with Gasteiger partial charge in [-0.2, -0.15) is 0 Å². The lowest BCUT2D eigenvalue weighted by atomic mass is 9.71. The van der Waals surface area contributed by atoms with Gasteiger partial charge in [0.25, 0.3) is 0 Å². The van der Waals surface area contributed by atoms with Crippen LogP contribution in [0.25, 0.3) is 42.2 Å². The van der Waals surface area contributed by atoms with Gasteiger partial charge in [-0.25, -0.2) is 0 Å². The predicted molar refractivity (Wildman–Crippen MR) is 154 cm³/mol. The third-order valence-electron chi connectivity index (χ3n) is 8.17. The Kier molecular flexibility index (Phi) is 5.30. The van der Waals surface area contributed by atoms with Crippen LogP contribution in [0.3, 0.4) is 0 Å². The standard InChI is InChI=1S/C33H35NS/c1-32(2,3)28-19-24(18-23-8-6-7-9-25(23)28)30-31-27(14-17-34-30)26-11-10-22(20-29(26)35-31)21-12-15-33(4,5)16-13-21/h6-11,14,17-21H,12-13,15-16H2,1-5H3. The van der Waals surface area contributed by atoms with Crippen LogP contribution >= 0.6 is 11.3 Å². The fourth-order valence-corrected chi connectivity index (χ4v) is 7.24. The monoisotopic (exact) mass is 477 g/mol. The van der Waals surface area contributed by atoms with Crippen LogP contribution in [0, 0.1) is 5.41 Å². The molecule has 1 saturated carbocycles. The zero-order valence-corrected chi connectivity index (χ0v) is 22.4. The first-order valence-electron chi connectivity index (χ1n) is 13.0. The lowest BCUT2D eigenvalue weighted by Gasteiger charge is -2.34. The Morgan fingerprint density at radius 2 is 1.63 bits per heavy atom. The second kappa shape index (κ2) is 8.17. The van der Waals surface area contributed by atoms with Crippen molar-refractivity contribution in [1.82, 2.24) is 4.98 Å². The van der Waals surface area contributed by atoms with Crippen molar-refractivity contribution in [1.29, 1.82) is 0 Å². The zero-order valence-electron chi connectivity index (χ0n) is 21.6. The summed E-state index contributed by atoms with van der Waals surface area (Å²) in [5, 5.41) is 5.33. The van der Waals surface area contributed by atoms with E-state index in [0.717, 1.165) is 5.69 Å². The SMILES string of the molecule is CC1(C)CCC(c2ccc3c(c2)sc2c(-c4cc(C(C)(C)C)c5ccccc5c4)nccc23)CC1. The molecule has 0 bridgehead atoms. The van der Waals surface area contributed by atoms with Gasteiger partial charge in [0, 0.05) is 27.2 Å². The second-order valence-corrected chi connectivity index (χ2v) is 13.4. The summed E-state index contributed by atoms with van der Waals surface area (Å²) in [4.78, 5) is 4.94. The number of pyridine rings is 1. The van der Waals surface area contributed by atoms with E-state index in [9.17, 15) is 0 Å². The van der Waals surface area contributed by atoms with Gasteiger partial charge in [-0.3, -0.25) is 4.98 Å². The predicted octanol–water partition coefficient (Wildman–Crippen LogP) is 10.3. The van der Waals surface area contributed by atoms with Crippen LogP contribution in [0.4, 0.5) is 0 Å². The number of fused-ring (bicyclic) bond motifs is 4. The molecule has 0 spiro atoms. The van der Waals surface area contributed by atoms with Crippen LogP contribution in [0.5, 0.6) is 0 Å². The topological polar surface area (TPSA) is 12.9 Å². The summed E-state index contributed by atoms with van der Waals surface area (Å²) in [6, 6.07) is 22.9. The maximum Gasteiger partial charge on any atom is 0.0880 e. The first-order chi connectivity index (χ1) is 16.7. The van der Waals surface area contributed by atoms with Gasteiger partial charge in [-0.1, -0.05) is 71.0 Å². The highest BCUT2D eigenvalue weighted by Gasteiger charge is 2.28. The fraction of sp³-hybridized carbons (Fsp3) is 0.364. The molecule has 3 aromatic carbocycles. The maximum atomic E-state index is 4.94. The Hall–Kier alpha value is -2.71. The average molecular weight is 478 g/mol. The normalized spacial score (nSPS) is 16.9. The van der Waals surface area contributed by atoms with Crippen molar-refractivity contribution < 1.29 is 0 Å². The molecule has 6 rings (SSSR count). The molecule has 2 heterocycles. The first kappa shape index (κ1) is 22.7. The second-order valence-electron chi connectivity index (χ2n) is 12.3. The van der Waals surface area contributed by atoms with E-state index in [4.69, 9.17) is 4.98 Å². The van der Waals surface area contributed by atoms with Crippen LogP contribution < -0.4 is 0 Å². The minimum atomic E-state index is 0.0626. The van der Waals surface area contributed by atoms with E-state index in [1.165, 1.54) is 73.3 Å². The molecule has 2 aromatic heterocycles. The molecule has 1 nitrogen and oxygen atoms in total. The van der Waals surface area contributed by atoms with Crippen molar-refractivity contribution in [3.05, 3.63) is 78.0 Å². The zero-order chi connectivity index (χ0) is 24.4. The molecule has 1 aliphatic carbocycles. The number of thiophene rings is 1. The summed E-state index contributed by atoms with van der Waals surface area (Å²) >= 11 is 1.92. The van der Waals surface area contributed by atoms with Crippen molar-refractivity contribution in [2.24, 2.45) is 5.41 Å². The lowest BCUT2D eigenvalue weighted by Crippen LogP contribution is -2.20. The quantitative estimate of drug-likeness (QED) is 0.246. The summed E-state index contributed by atoms with van der Waals surface area (Å²) in [5.41, 5.74) is 5.81. The Morgan fingerprint density at radius 1 is 0.857 bits per heavy atom. The molecule has 35 heavy (non-hydrogen) atoms. The van der Waals surface area contributed by atoms with Crippen molar-refractivity contribution >= 4 is 42.3 Å². The molecule has 0 N–H and O–H groups in total. The third kappa shape index (κ3) is 4.06. The van der Waals surface area contributed by atoms with Gasteiger partial charge >= 0.3 is 0 Å². The Labute approximate surface area is 213 Å². The minimum Gasteiger partial charge on any atom is -0.255 e. The van der Waals surface area contributed by atoms with Gasteiger partial charge in [0.1, 0.15) is 0 Å². The number of hydrogen-bond donors (Lipinski definition) is 0. The van der Waals surface area contributed by atoms with Gasteiger partial charge in [-0.15, -0.1) is 11.3 Å². The highest BCUT2D eigenvalue weighted by Crippen LogP contribution is 2.45. The summed E-state index contributed by atoms with van der Waals surface area (Å²) in [6.45, 7) is 11.8. The average Bonchev–Trinajstić information content (AvgIpc) is 3.20. The molecule has 0 atom stereocenters. The van der Waals surface area contributed by atoms with Gasteiger partial charge in [-0.05, 0) is 88.6 Å². The Balaban J connectivity index is 1.49. The third-order valence-corrected chi connectivity index (χ3v) is 9.34. The van der Waals surface area contributed by atoms with Gasteiger partial charge in [0.05, 0.1) is 10.4 Å². The molecule has 1 fully saturated rings. The number of hydrogen-bond acceptors (Lipinski definition) is 2. The number of benzene rings is 3. The number of rotatable bonds is 2. The molecule has 178 valence electrons. The summed E-state index contributed by atoms with van der Waals surface area (Å²) < 4.78 is 2.70. The van der Waals surface area contributed by atoms with E-state index in [1.807, 2.05) is 17.5 Å². The number of nitrogens with zero attached hydrogens (tertiary/aromatic N) is 1. The van der Waals surface area contributed by atoms with Crippen LogP contribution in [0.2, 0.25) is 0 Å². The smallest absolute Gasteiger partial charge is 0.0880 e. The molecule has 5 aromatic rings. The van der Waals surface area contributed by atoms with Crippen LogP contribution in [-0.2, 0) is 5.41 Å². The van der Waals surface area contributed by atoms with Crippen LogP contribution in [-0.4, -0.2) is 4.98 Å². The van der Waals surface area contributed by atoms with E-state index < -0.39 is 0 Å². The minimum absolute atomic E-state index is 0.0626. The molecule has 0 saturated heterocycles. The van der Waals surface area contributed by atoms with Crippen LogP contribution in [0.15, 0.2) is 66.9 Å². The van der Waals surface area contributed by atoms with Crippen molar-refractivity contribution in [2.45, 2.75) is 71.6 Å². The van der Waals surface area contributed by atoms with E-state index in [1.54, 1.807) is 0 Å². The Morgan fingerprint density at radius 3 is 2.40 bits per heavy atom. The molecule has 0 unspecified atom stereocenters. The van der Waals surface area contributed by atoms with Crippen molar-refractivity contribution in [3.8, 4) is 11.3 Å². The maximum absolute atomic E-state index is 4.94. The summed E-state index contributed by atoms with van der Waals surface area (Å²) in [6.07, 6.45) is 7.27. The van der Waals surface area contributed by atoms with Crippen molar-refractivity contribution in [3.63, 3.8) is 0 Å². The molecule has 1 aliphatic rings. The van der Waals surface area contributed by atoms with Gasteiger partial charge in [0.2, 0.25) is 0 Å². The molecule has 2 heteroatoms. The highest BCUT2D eigenvalue weighted by atomic mass is 32.1. The molecule has 0 amide bonds. The summed E-state index contributed by atoms with van der Waals surface area (Å²) in [5.74, 6) is 0.699. The van der Waals surface area contributed by atoms with E-state index in [-0.39, 0.29) is 5.41 Å². The fourth-order valence-electron chi connectivity index (χ4n) is 5.98. The lowest BCUT2D eigenvalue weighted by molar-refractivity contribution is 0.224. The van der Waals surface area contributed by atoms with Gasteiger partial charge in [0.15, 0.2) is 0 Å². The van der Waals surface area contributed by atoms with E-state index in [0.29, 0.717) is 11.3 Å². The summed E-state index contributed by atoms with van der Waals surface area (Å²) in [7, 11) is 0. The molecular weight excluding hydrogens is 442 g/mol. The molecule has 0 radical (unpaired) electrons. The number of aromatic nitrogens is 1. The highest BCUT2D eigenvalue weighted by molar-refractivity contribution is 7.26. The Bertz CT molecular complexity index is 1550. The molecule has 0 aliphatic heterocycles. The van der Waals surface area contributed by atoms with Gasteiger partial charge < -0.3 is 0 Å². The first-order valence-corrected chi connectivity index (χ1v) is 13.9.